The molecule has 1 heterocycles. The topological polar surface area (TPSA) is 69.4 Å². The van der Waals surface area contributed by atoms with Gasteiger partial charge in [-0.05, 0) is 24.9 Å². The van der Waals surface area contributed by atoms with Crippen molar-refractivity contribution in [3.63, 3.8) is 0 Å². The molecule has 1 fully saturated rings. The molecule has 1 saturated heterocycles. The Labute approximate surface area is 101 Å². The van der Waals surface area contributed by atoms with Crippen molar-refractivity contribution in [2.45, 2.75) is 25.7 Å². The van der Waals surface area contributed by atoms with Crippen molar-refractivity contribution < 1.29 is 14.3 Å². The van der Waals surface area contributed by atoms with Gasteiger partial charge in [0.25, 0.3) is 0 Å². The molecule has 0 unspecified atom stereocenters. The van der Waals surface area contributed by atoms with Gasteiger partial charge in [0.2, 0.25) is 0 Å². The molecule has 1 aliphatic rings. The molecule has 92 valence electrons. The van der Waals surface area contributed by atoms with Gasteiger partial charge < -0.3 is 10.5 Å². The lowest BCUT2D eigenvalue weighted by Crippen LogP contribution is -2.17. The van der Waals surface area contributed by atoms with Gasteiger partial charge in [-0.1, -0.05) is 30.3 Å². The van der Waals surface area contributed by atoms with E-state index in [1.165, 1.54) is 5.56 Å². The second-order valence-electron chi connectivity index (χ2n) is 3.72. The van der Waals surface area contributed by atoms with E-state index in [2.05, 4.69) is 16.9 Å². The average Bonchev–Trinajstić information content (AvgIpc) is 2.31. The number of ether oxygens (including phenoxy) is 1. The van der Waals surface area contributed by atoms with Gasteiger partial charge in [-0.3, -0.25) is 9.59 Å². The number of cyclic esters (lactones) is 2. The number of esters is 2. The first-order valence-corrected chi connectivity index (χ1v) is 5.70. The van der Waals surface area contributed by atoms with Crippen LogP contribution in [-0.4, -0.2) is 18.5 Å². The van der Waals surface area contributed by atoms with E-state index < -0.39 is 0 Å². The maximum atomic E-state index is 10.2. The molecule has 0 saturated carbocycles. The van der Waals surface area contributed by atoms with E-state index in [9.17, 15) is 9.59 Å². The van der Waals surface area contributed by atoms with Crippen molar-refractivity contribution >= 4 is 11.9 Å². The quantitative estimate of drug-likeness (QED) is 0.622. The van der Waals surface area contributed by atoms with Crippen molar-refractivity contribution in [1.82, 2.24) is 0 Å². The molecule has 0 amide bonds. The van der Waals surface area contributed by atoms with Crippen molar-refractivity contribution in [1.29, 1.82) is 0 Å². The van der Waals surface area contributed by atoms with E-state index in [4.69, 9.17) is 5.73 Å². The zero-order valence-electron chi connectivity index (χ0n) is 9.72. The van der Waals surface area contributed by atoms with Crippen LogP contribution in [0.4, 0.5) is 0 Å². The molecule has 1 aromatic carbocycles. The molecule has 4 heteroatoms. The Bertz CT molecular complexity index is 348. The standard InChI is InChI=1S/C8H11N.C5H6O3/c9-7-6-8-4-2-1-3-5-8;6-4-2-1-3-5(7)8-4/h1-5H,6-7,9H2;1-3H2. The van der Waals surface area contributed by atoms with Gasteiger partial charge >= 0.3 is 11.9 Å². The molecular formula is C13H17NO3. The molecule has 0 atom stereocenters. The zero-order valence-corrected chi connectivity index (χ0v) is 9.72. The first-order chi connectivity index (χ1) is 8.22. The Balaban J connectivity index is 0.000000171. The van der Waals surface area contributed by atoms with Gasteiger partial charge in [0, 0.05) is 12.8 Å². The normalized spacial score (nSPS) is 14.6. The number of benzene rings is 1. The third-order valence-electron chi connectivity index (χ3n) is 2.27. The lowest BCUT2D eigenvalue weighted by Gasteiger charge is -2.06. The summed E-state index contributed by atoms with van der Waals surface area (Å²) in [5, 5.41) is 0. The third kappa shape index (κ3) is 5.82. The predicted octanol–water partition coefficient (Wildman–Crippen LogP) is 1.43. The number of carbonyl (C=O) groups is 2. The Hall–Kier alpha value is -1.68. The molecule has 0 spiro atoms. The lowest BCUT2D eigenvalue weighted by molar-refractivity contribution is -0.163. The highest BCUT2D eigenvalue weighted by Crippen LogP contribution is 2.06. The van der Waals surface area contributed by atoms with Gasteiger partial charge in [0.05, 0.1) is 0 Å². The molecule has 2 rings (SSSR count). The number of hydrogen-bond acceptors (Lipinski definition) is 4. The van der Waals surface area contributed by atoms with Crippen LogP contribution in [0, 0.1) is 0 Å². The molecule has 1 aromatic rings. The first-order valence-electron chi connectivity index (χ1n) is 5.70. The number of nitrogens with two attached hydrogens (primary N) is 1. The second-order valence-corrected chi connectivity index (χ2v) is 3.72. The van der Waals surface area contributed by atoms with Crippen LogP contribution in [-0.2, 0) is 20.7 Å². The smallest absolute Gasteiger partial charge is 0.313 e. The van der Waals surface area contributed by atoms with Crippen molar-refractivity contribution in [2.75, 3.05) is 6.54 Å². The van der Waals surface area contributed by atoms with Gasteiger partial charge in [-0.25, -0.2) is 0 Å². The Morgan fingerprint density at radius 3 is 2.06 bits per heavy atom. The van der Waals surface area contributed by atoms with Gasteiger partial charge in [0.15, 0.2) is 0 Å². The summed E-state index contributed by atoms with van der Waals surface area (Å²) in [6.07, 6.45) is 2.43. The van der Waals surface area contributed by atoms with E-state index in [1.54, 1.807) is 0 Å². The van der Waals surface area contributed by atoms with E-state index >= 15 is 0 Å². The molecule has 0 radical (unpaired) electrons. The summed E-state index contributed by atoms with van der Waals surface area (Å²) in [5.41, 5.74) is 6.68. The van der Waals surface area contributed by atoms with Crippen LogP contribution < -0.4 is 5.73 Å². The third-order valence-corrected chi connectivity index (χ3v) is 2.27. The molecule has 1 aliphatic heterocycles. The number of carbonyl (C=O) groups excluding carboxylic acids is 2. The van der Waals surface area contributed by atoms with Crippen LogP contribution in [0.1, 0.15) is 24.8 Å². The van der Waals surface area contributed by atoms with Crippen LogP contribution in [0.3, 0.4) is 0 Å². The van der Waals surface area contributed by atoms with E-state index in [0.29, 0.717) is 19.3 Å². The zero-order chi connectivity index (χ0) is 12.5. The Kier molecular flexibility index (Phi) is 5.96. The lowest BCUT2D eigenvalue weighted by atomic mass is 10.2. The largest absolute Gasteiger partial charge is 0.393 e. The maximum absolute atomic E-state index is 10.2. The minimum Gasteiger partial charge on any atom is -0.393 e. The fourth-order valence-corrected chi connectivity index (χ4v) is 1.42. The molecular weight excluding hydrogens is 218 g/mol. The fraction of sp³-hybridized carbons (Fsp3) is 0.385. The van der Waals surface area contributed by atoms with Crippen LogP contribution in [0.25, 0.3) is 0 Å². The number of hydrogen-bond donors (Lipinski definition) is 1. The van der Waals surface area contributed by atoms with Gasteiger partial charge in [-0.2, -0.15) is 0 Å². The highest BCUT2D eigenvalue weighted by Gasteiger charge is 2.15. The van der Waals surface area contributed by atoms with Crippen LogP contribution in [0.5, 0.6) is 0 Å². The molecule has 2 N–H and O–H groups in total. The highest BCUT2D eigenvalue weighted by molar-refractivity contribution is 5.87. The summed E-state index contributed by atoms with van der Waals surface area (Å²) in [4.78, 5) is 20.5. The second kappa shape index (κ2) is 7.57. The molecule has 4 nitrogen and oxygen atoms in total. The molecule has 17 heavy (non-hydrogen) atoms. The summed E-state index contributed by atoms with van der Waals surface area (Å²) in [7, 11) is 0. The summed E-state index contributed by atoms with van der Waals surface area (Å²) in [6, 6.07) is 10.3. The monoisotopic (exact) mass is 235 g/mol. The van der Waals surface area contributed by atoms with Crippen LogP contribution in [0.2, 0.25) is 0 Å². The van der Waals surface area contributed by atoms with E-state index in [-0.39, 0.29) is 11.9 Å². The van der Waals surface area contributed by atoms with Crippen molar-refractivity contribution in [3.05, 3.63) is 35.9 Å². The summed E-state index contributed by atoms with van der Waals surface area (Å²) in [5.74, 6) is -0.775. The van der Waals surface area contributed by atoms with E-state index in [0.717, 1.165) is 13.0 Å². The maximum Gasteiger partial charge on any atom is 0.313 e. The van der Waals surface area contributed by atoms with Crippen LogP contribution >= 0.6 is 0 Å². The minimum absolute atomic E-state index is 0.388. The van der Waals surface area contributed by atoms with Gasteiger partial charge in [0.1, 0.15) is 0 Å². The summed E-state index contributed by atoms with van der Waals surface area (Å²) < 4.78 is 4.21. The number of rotatable bonds is 2. The van der Waals surface area contributed by atoms with Crippen LogP contribution in [0.15, 0.2) is 30.3 Å². The predicted molar refractivity (Wildman–Crippen MR) is 64.2 cm³/mol. The first kappa shape index (κ1) is 13.4. The SMILES string of the molecule is NCCc1ccccc1.O=C1CCCC(=O)O1. The molecule has 0 aliphatic carbocycles. The molecule has 0 bridgehead atoms. The average molecular weight is 235 g/mol. The van der Waals surface area contributed by atoms with Crippen molar-refractivity contribution in [3.8, 4) is 0 Å². The van der Waals surface area contributed by atoms with Gasteiger partial charge in [-0.15, -0.1) is 0 Å². The Morgan fingerprint density at radius 1 is 1.06 bits per heavy atom. The Morgan fingerprint density at radius 2 is 1.65 bits per heavy atom. The van der Waals surface area contributed by atoms with E-state index in [1.807, 2.05) is 18.2 Å². The molecule has 0 aromatic heterocycles. The fourth-order valence-electron chi connectivity index (χ4n) is 1.42. The minimum atomic E-state index is -0.388. The summed E-state index contributed by atoms with van der Waals surface area (Å²) in [6.45, 7) is 0.740. The van der Waals surface area contributed by atoms with Crippen molar-refractivity contribution in [2.24, 2.45) is 5.73 Å². The summed E-state index contributed by atoms with van der Waals surface area (Å²) >= 11 is 0. The highest BCUT2D eigenvalue weighted by atomic mass is 16.6.